The fourth-order valence-electron chi connectivity index (χ4n) is 5.28. The van der Waals surface area contributed by atoms with Crippen LogP contribution in [0.2, 0.25) is 0 Å². The van der Waals surface area contributed by atoms with E-state index in [2.05, 4.69) is 20.1 Å². The zero-order valence-electron chi connectivity index (χ0n) is 18.5. The van der Waals surface area contributed by atoms with Crippen LogP contribution in [-0.2, 0) is 9.53 Å². The summed E-state index contributed by atoms with van der Waals surface area (Å²) in [5.41, 5.74) is 0.261. The Labute approximate surface area is 184 Å². The largest absolute Gasteiger partial charge is 0.447 e. The Morgan fingerprint density at radius 2 is 2.00 bits per heavy atom. The number of carbonyl (C=O) groups is 2. The topological polar surface area (TPSA) is 95.0 Å². The smallest absolute Gasteiger partial charge is 0.411 e. The zero-order valence-corrected chi connectivity index (χ0v) is 18.5. The number of rotatable bonds is 4. The Morgan fingerprint density at radius 3 is 2.68 bits per heavy atom. The summed E-state index contributed by atoms with van der Waals surface area (Å²) in [6.45, 7) is 5.99. The number of amides is 2. The van der Waals surface area contributed by atoms with E-state index in [1.807, 2.05) is 12.1 Å². The number of piperidine rings is 1. The first-order valence-electron chi connectivity index (χ1n) is 11.5. The molecule has 3 fully saturated rings. The van der Waals surface area contributed by atoms with Gasteiger partial charge in [-0.25, -0.2) is 9.78 Å². The lowest BCUT2D eigenvalue weighted by Gasteiger charge is -2.41. The lowest BCUT2D eigenvalue weighted by molar-refractivity contribution is -0.139. The summed E-state index contributed by atoms with van der Waals surface area (Å²) in [6, 6.07) is 3.99. The van der Waals surface area contributed by atoms with E-state index >= 15 is 0 Å². The van der Waals surface area contributed by atoms with Gasteiger partial charge in [0.25, 0.3) is 0 Å². The number of nitrogens with zero attached hydrogens (tertiary/aromatic N) is 3. The van der Waals surface area contributed by atoms with Gasteiger partial charge in [0, 0.05) is 25.7 Å². The molecule has 0 unspecified atom stereocenters. The lowest BCUT2D eigenvalue weighted by atomic mass is 9.78. The van der Waals surface area contributed by atoms with E-state index < -0.39 is 6.09 Å². The Hall–Kier alpha value is -2.35. The van der Waals surface area contributed by atoms with Gasteiger partial charge in [-0.2, -0.15) is 0 Å². The van der Waals surface area contributed by atoms with Crippen LogP contribution in [-0.4, -0.2) is 64.9 Å². The second kappa shape index (κ2) is 9.02. The Morgan fingerprint density at radius 1 is 1.23 bits per heavy atom. The molecule has 2 N–H and O–H groups in total. The summed E-state index contributed by atoms with van der Waals surface area (Å²) >= 11 is 0. The molecule has 1 spiro atoms. The van der Waals surface area contributed by atoms with E-state index in [9.17, 15) is 14.7 Å². The van der Waals surface area contributed by atoms with Crippen LogP contribution in [0.1, 0.15) is 58.8 Å². The van der Waals surface area contributed by atoms with Gasteiger partial charge in [0.05, 0.1) is 29.5 Å². The summed E-state index contributed by atoms with van der Waals surface area (Å²) < 4.78 is 5.10. The van der Waals surface area contributed by atoms with Gasteiger partial charge in [-0.3, -0.25) is 10.1 Å². The number of hydrogen-bond acceptors (Lipinski definition) is 6. The van der Waals surface area contributed by atoms with Gasteiger partial charge < -0.3 is 19.6 Å². The van der Waals surface area contributed by atoms with Crippen LogP contribution in [0.15, 0.2) is 18.3 Å². The van der Waals surface area contributed by atoms with Gasteiger partial charge in [0.15, 0.2) is 0 Å². The van der Waals surface area contributed by atoms with Gasteiger partial charge in [-0.15, -0.1) is 0 Å². The molecule has 1 saturated carbocycles. The molecule has 3 aliphatic rings. The molecule has 1 atom stereocenters. The molecule has 8 heteroatoms. The minimum Gasteiger partial charge on any atom is -0.447 e. The molecule has 1 aromatic heterocycles. The van der Waals surface area contributed by atoms with Crippen LogP contribution >= 0.6 is 0 Å². The van der Waals surface area contributed by atoms with Crippen LogP contribution in [0.5, 0.6) is 0 Å². The third-order valence-corrected chi connectivity index (χ3v) is 6.89. The van der Waals surface area contributed by atoms with Crippen molar-refractivity contribution in [1.82, 2.24) is 9.88 Å². The van der Waals surface area contributed by atoms with Gasteiger partial charge in [0.1, 0.15) is 5.82 Å². The highest BCUT2D eigenvalue weighted by Crippen LogP contribution is 2.43. The van der Waals surface area contributed by atoms with Crippen molar-refractivity contribution >= 4 is 23.5 Å². The standard InChI is InChI=1S/C23H34N4O4/c1-16(2)31-22(30)25-17-4-9-20(24-14-17)26-12-3-10-23(15-26)11-13-27(21(23)29)18-5-7-19(28)8-6-18/h4,9,14,16,18-19,28H,3,5-8,10-13,15H2,1-2H3,(H,25,30)/t18?,19?,23-/m0/s1. The van der Waals surface area contributed by atoms with Gasteiger partial charge >= 0.3 is 6.09 Å². The van der Waals surface area contributed by atoms with Crippen LogP contribution in [0.3, 0.4) is 0 Å². The number of nitrogens with one attached hydrogen (secondary N) is 1. The summed E-state index contributed by atoms with van der Waals surface area (Å²) in [4.78, 5) is 34.1. The fraction of sp³-hybridized carbons (Fsp3) is 0.696. The number of anilines is 2. The van der Waals surface area contributed by atoms with Crippen molar-refractivity contribution in [3.63, 3.8) is 0 Å². The summed E-state index contributed by atoms with van der Waals surface area (Å²) in [5, 5.41) is 12.5. The summed E-state index contributed by atoms with van der Waals surface area (Å²) in [5.74, 6) is 1.11. The highest BCUT2D eigenvalue weighted by Gasteiger charge is 2.50. The van der Waals surface area contributed by atoms with Crippen molar-refractivity contribution in [1.29, 1.82) is 0 Å². The molecule has 0 radical (unpaired) electrons. The van der Waals surface area contributed by atoms with E-state index in [0.717, 1.165) is 63.9 Å². The predicted molar refractivity (Wildman–Crippen MR) is 118 cm³/mol. The molecular formula is C23H34N4O4. The second-order valence-corrected chi connectivity index (χ2v) is 9.50. The van der Waals surface area contributed by atoms with Crippen molar-refractivity contribution in [2.45, 2.75) is 77.0 Å². The number of hydrogen-bond donors (Lipinski definition) is 2. The molecule has 4 rings (SSSR count). The number of aliphatic hydroxyl groups excluding tert-OH is 1. The summed E-state index contributed by atoms with van der Waals surface area (Å²) in [7, 11) is 0. The third-order valence-electron chi connectivity index (χ3n) is 6.89. The van der Waals surface area contributed by atoms with Crippen molar-refractivity contribution in [3.8, 4) is 0 Å². The highest BCUT2D eigenvalue weighted by molar-refractivity contribution is 5.86. The SMILES string of the molecule is CC(C)OC(=O)Nc1ccc(N2CCC[C@]3(CCN(C4CCC(O)CC4)C3=O)C2)nc1. The zero-order chi connectivity index (χ0) is 22.0. The number of ether oxygens (including phenoxy) is 1. The molecule has 0 aromatic carbocycles. The maximum atomic E-state index is 13.5. The monoisotopic (exact) mass is 430 g/mol. The molecule has 3 heterocycles. The van der Waals surface area contributed by atoms with E-state index in [-0.39, 0.29) is 29.6 Å². The van der Waals surface area contributed by atoms with Gasteiger partial charge in [-0.05, 0) is 70.9 Å². The molecule has 2 aliphatic heterocycles. The average Bonchev–Trinajstić information content (AvgIpc) is 3.04. The first-order chi connectivity index (χ1) is 14.9. The highest BCUT2D eigenvalue weighted by atomic mass is 16.6. The van der Waals surface area contributed by atoms with Crippen molar-refractivity contribution in [3.05, 3.63) is 18.3 Å². The van der Waals surface area contributed by atoms with Crippen molar-refractivity contribution in [2.75, 3.05) is 29.9 Å². The first kappa shape index (κ1) is 21.9. The minimum absolute atomic E-state index is 0.182. The second-order valence-electron chi connectivity index (χ2n) is 9.50. The van der Waals surface area contributed by atoms with Crippen LogP contribution in [0.4, 0.5) is 16.3 Å². The molecular weight excluding hydrogens is 396 g/mol. The Kier molecular flexibility index (Phi) is 6.36. The van der Waals surface area contributed by atoms with Gasteiger partial charge in [-0.1, -0.05) is 0 Å². The molecule has 170 valence electrons. The lowest BCUT2D eigenvalue weighted by Crippen LogP contribution is -2.50. The maximum absolute atomic E-state index is 13.5. The van der Waals surface area contributed by atoms with Crippen LogP contribution in [0, 0.1) is 5.41 Å². The molecule has 0 bridgehead atoms. The Balaban J connectivity index is 1.39. The molecule has 8 nitrogen and oxygen atoms in total. The molecule has 1 aliphatic carbocycles. The van der Waals surface area contributed by atoms with E-state index in [4.69, 9.17) is 4.74 Å². The van der Waals surface area contributed by atoms with Crippen LogP contribution < -0.4 is 10.2 Å². The first-order valence-corrected chi connectivity index (χ1v) is 11.5. The Bertz CT molecular complexity index is 791. The predicted octanol–water partition coefficient (Wildman–Crippen LogP) is 3.16. The van der Waals surface area contributed by atoms with E-state index in [1.165, 1.54) is 0 Å². The molecule has 2 amide bonds. The number of carbonyl (C=O) groups excluding carboxylic acids is 2. The number of pyridine rings is 1. The third kappa shape index (κ3) is 4.79. The quantitative estimate of drug-likeness (QED) is 0.762. The average molecular weight is 431 g/mol. The number of likely N-dealkylation sites (tertiary alicyclic amines) is 1. The molecule has 31 heavy (non-hydrogen) atoms. The number of aliphatic hydroxyl groups is 1. The van der Waals surface area contributed by atoms with Crippen molar-refractivity contribution in [2.24, 2.45) is 5.41 Å². The summed E-state index contributed by atoms with van der Waals surface area (Å²) in [6.07, 6.45) is 6.93. The molecule has 2 saturated heterocycles. The van der Waals surface area contributed by atoms with Crippen LogP contribution in [0.25, 0.3) is 0 Å². The van der Waals surface area contributed by atoms with Gasteiger partial charge in [0.2, 0.25) is 5.91 Å². The van der Waals surface area contributed by atoms with Crippen molar-refractivity contribution < 1.29 is 19.4 Å². The van der Waals surface area contributed by atoms with E-state index in [1.54, 1.807) is 20.0 Å². The fourth-order valence-corrected chi connectivity index (χ4v) is 5.28. The van der Waals surface area contributed by atoms with E-state index in [0.29, 0.717) is 12.2 Å². The minimum atomic E-state index is -0.492. The molecule has 1 aromatic rings. The normalized spacial score (nSPS) is 29.0. The maximum Gasteiger partial charge on any atom is 0.411 e. The number of aromatic nitrogens is 1.